The summed E-state index contributed by atoms with van der Waals surface area (Å²) in [6, 6.07) is 6.56. The monoisotopic (exact) mass is 205 g/mol. The van der Waals surface area contributed by atoms with Crippen LogP contribution in [0, 0.1) is 0 Å². The smallest absolute Gasteiger partial charge is 0.255 e. The molecule has 0 aliphatic rings. The number of hydrogen-bond donors (Lipinski definition) is 3. The Morgan fingerprint density at radius 1 is 1.40 bits per heavy atom. The molecule has 0 fully saturated rings. The molecule has 2 rings (SSSR count). The van der Waals surface area contributed by atoms with Crippen LogP contribution in [0.15, 0.2) is 34.9 Å². The van der Waals surface area contributed by atoms with Gasteiger partial charge in [0, 0.05) is 10.9 Å². The number of furan rings is 1. The predicted molar refractivity (Wildman–Crippen MR) is 55.5 cm³/mol. The van der Waals surface area contributed by atoms with Gasteiger partial charge < -0.3 is 10.2 Å². The summed E-state index contributed by atoms with van der Waals surface area (Å²) in [6.45, 7) is 0. The summed E-state index contributed by atoms with van der Waals surface area (Å²) in [4.78, 5) is 11.3. The molecule has 78 valence electrons. The first-order valence-corrected chi connectivity index (χ1v) is 4.46. The van der Waals surface area contributed by atoms with E-state index in [0.717, 1.165) is 5.39 Å². The first-order chi connectivity index (χ1) is 7.24. The van der Waals surface area contributed by atoms with Crippen LogP contribution in [-0.4, -0.2) is 5.91 Å². The SMILES string of the molecule is NNC(=O)C(N)c1coc2ccccc12. The number of carbonyl (C=O) groups is 1. The summed E-state index contributed by atoms with van der Waals surface area (Å²) in [5, 5.41) is 0.827. The average Bonchev–Trinajstić information content (AvgIpc) is 2.70. The number of rotatable bonds is 2. The van der Waals surface area contributed by atoms with Gasteiger partial charge in [0.2, 0.25) is 0 Å². The van der Waals surface area contributed by atoms with Gasteiger partial charge in [-0.3, -0.25) is 10.2 Å². The summed E-state index contributed by atoms with van der Waals surface area (Å²) in [5.41, 5.74) is 9.05. The third-order valence-electron chi connectivity index (χ3n) is 2.27. The number of nitrogens with one attached hydrogen (secondary N) is 1. The van der Waals surface area contributed by atoms with Crippen LogP contribution in [0.25, 0.3) is 11.0 Å². The van der Waals surface area contributed by atoms with E-state index in [1.807, 2.05) is 29.7 Å². The van der Waals surface area contributed by atoms with Crippen LogP contribution in [0.5, 0.6) is 0 Å². The molecular weight excluding hydrogens is 194 g/mol. The van der Waals surface area contributed by atoms with Crippen LogP contribution in [0.4, 0.5) is 0 Å². The zero-order valence-corrected chi connectivity index (χ0v) is 7.94. The van der Waals surface area contributed by atoms with Crippen molar-refractivity contribution in [3.63, 3.8) is 0 Å². The lowest BCUT2D eigenvalue weighted by molar-refractivity contribution is -0.122. The van der Waals surface area contributed by atoms with E-state index in [4.69, 9.17) is 16.0 Å². The second kappa shape index (κ2) is 3.72. The molecule has 5 heteroatoms. The zero-order valence-electron chi connectivity index (χ0n) is 7.94. The predicted octanol–water partition coefficient (Wildman–Crippen LogP) is 0.422. The first-order valence-electron chi connectivity index (χ1n) is 4.46. The van der Waals surface area contributed by atoms with E-state index in [1.54, 1.807) is 0 Å². The molecule has 0 bridgehead atoms. The molecule has 1 aromatic carbocycles. The summed E-state index contributed by atoms with van der Waals surface area (Å²) in [6.07, 6.45) is 1.48. The van der Waals surface area contributed by atoms with E-state index in [9.17, 15) is 4.79 Å². The minimum Gasteiger partial charge on any atom is -0.464 e. The number of amides is 1. The van der Waals surface area contributed by atoms with E-state index < -0.39 is 11.9 Å². The van der Waals surface area contributed by atoms with Gasteiger partial charge in [0.15, 0.2) is 0 Å². The van der Waals surface area contributed by atoms with Crippen LogP contribution in [0.1, 0.15) is 11.6 Å². The molecular formula is C10H11N3O2. The molecule has 5 nitrogen and oxygen atoms in total. The van der Waals surface area contributed by atoms with E-state index in [1.165, 1.54) is 6.26 Å². The van der Waals surface area contributed by atoms with Crippen LogP contribution in [-0.2, 0) is 4.79 Å². The summed E-state index contributed by atoms with van der Waals surface area (Å²) in [5.74, 6) is 4.57. The molecule has 5 N–H and O–H groups in total. The molecule has 0 aliphatic heterocycles. The van der Waals surface area contributed by atoms with Gasteiger partial charge >= 0.3 is 0 Å². The van der Waals surface area contributed by atoms with Crippen molar-refractivity contribution in [3.8, 4) is 0 Å². The number of nitrogens with two attached hydrogens (primary N) is 2. The molecule has 0 aliphatic carbocycles. The normalized spacial score (nSPS) is 12.7. The fourth-order valence-electron chi connectivity index (χ4n) is 1.47. The highest BCUT2D eigenvalue weighted by Gasteiger charge is 2.19. The fraction of sp³-hybridized carbons (Fsp3) is 0.100. The lowest BCUT2D eigenvalue weighted by atomic mass is 10.1. The van der Waals surface area contributed by atoms with Gasteiger partial charge in [-0.2, -0.15) is 0 Å². The number of fused-ring (bicyclic) bond motifs is 1. The molecule has 2 aromatic rings. The Bertz CT molecular complexity index is 492. The third-order valence-corrected chi connectivity index (χ3v) is 2.27. The molecule has 1 amide bonds. The number of benzene rings is 1. The lowest BCUT2D eigenvalue weighted by Crippen LogP contribution is -2.38. The minimum atomic E-state index is -0.807. The Hall–Kier alpha value is -1.85. The highest BCUT2D eigenvalue weighted by molar-refractivity contribution is 5.90. The average molecular weight is 205 g/mol. The Kier molecular flexibility index (Phi) is 2.40. The molecule has 1 heterocycles. The van der Waals surface area contributed by atoms with Gasteiger partial charge in [0.1, 0.15) is 11.6 Å². The Balaban J connectivity index is 2.48. The van der Waals surface area contributed by atoms with Crippen molar-refractivity contribution < 1.29 is 9.21 Å². The maximum Gasteiger partial charge on any atom is 0.255 e. The molecule has 1 unspecified atom stereocenters. The van der Waals surface area contributed by atoms with Gasteiger partial charge in [-0.1, -0.05) is 18.2 Å². The van der Waals surface area contributed by atoms with Crippen LogP contribution in [0.2, 0.25) is 0 Å². The molecule has 0 radical (unpaired) electrons. The Morgan fingerprint density at radius 3 is 2.87 bits per heavy atom. The van der Waals surface area contributed by atoms with Crippen LogP contribution < -0.4 is 17.0 Å². The second-order valence-electron chi connectivity index (χ2n) is 3.17. The van der Waals surface area contributed by atoms with Gasteiger partial charge in [-0.25, -0.2) is 5.84 Å². The molecule has 1 atom stereocenters. The van der Waals surface area contributed by atoms with Crippen molar-refractivity contribution in [3.05, 3.63) is 36.1 Å². The van der Waals surface area contributed by atoms with Gasteiger partial charge in [0.05, 0.1) is 6.26 Å². The molecule has 0 spiro atoms. The molecule has 1 aromatic heterocycles. The van der Waals surface area contributed by atoms with Crippen molar-refractivity contribution in [2.24, 2.45) is 11.6 Å². The largest absolute Gasteiger partial charge is 0.464 e. The Morgan fingerprint density at radius 2 is 2.13 bits per heavy atom. The zero-order chi connectivity index (χ0) is 10.8. The molecule has 0 saturated heterocycles. The number of carbonyl (C=O) groups excluding carboxylic acids is 1. The van der Waals surface area contributed by atoms with Gasteiger partial charge in [-0.05, 0) is 6.07 Å². The van der Waals surface area contributed by atoms with E-state index >= 15 is 0 Å². The van der Waals surface area contributed by atoms with Crippen molar-refractivity contribution in [1.29, 1.82) is 0 Å². The van der Waals surface area contributed by atoms with Crippen LogP contribution >= 0.6 is 0 Å². The minimum absolute atomic E-state index is 0.443. The van der Waals surface area contributed by atoms with E-state index in [2.05, 4.69) is 0 Å². The maximum atomic E-state index is 11.3. The van der Waals surface area contributed by atoms with Crippen LogP contribution in [0.3, 0.4) is 0 Å². The highest BCUT2D eigenvalue weighted by Crippen LogP contribution is 2.24. The van der Waals surface area contributed by atoms with Gasteiger partial charge in [0.25, 0.3) is 5.91 Å². The molecule has 0 saturated carbocycles. The quantitative estimate of drug-likeness (QED) is 0.376. The van der Waals surface area contributed by atoms with E-state index in [-0.39, 0.29) is 0 Å². The van der Waals surface area contributed by atoms with Gasteiger partial charge in [-0.15, -0.1) is 0 Å². The summed E-state index contributed by atoms with van der Waals surface area (Å²) < 4.78 is 5.26. The van der Waals surface area contributed by atoms with E-state index in [0.29, 0.717) is 11.1 Å². The second-order valence-corrected chi connectivity index (χ2v) is 3.17. The Labute approximate surface area is 86.0 Å². The first kappa shape index (κ1) is 9.70. The summed E-state index contributed by atoms with van der Waals surface area (Å²) >= 11 is 0. The standard InChI is InChI=1S/C10H11N3O2/c11-9(10(14)13-12)7-5-15-8-4-2-1-3-6(7)8/h1-5,9H,11-12H2,(H,13,14). The van der Waals surface area contributed by atoms with Crippen molar-refractivity contribution in [2.75, 3.05) is 0 Å². The summed E-state index contributed by atoms with van der Waals surface area (Å²) in [7, 11) is 0. The van der Waals surface area contributed by atoms with Crippen molar-refractivity contribution in [2.45, 2.75) is 6.04 Å². The maximum absolute atomic E-state index is 11.3. The third kappa shape index (κ3) is 1.58. The number of hydrazine groups is 1. The number of hydrogen-bond acceptors (Lipinski definition) is 4. The van der Waals surface area contributed by atoms with Crippen molar-refractivity contribution >= 4 is 16.9 Å². The number of para-hydroxylation sites is 1. The fourth-order valence-corrected chi connectivity index (χ4v) is 1.47. The molecule has 15 heavy (non-hydrogen) atoms. The lowest BCUT2D eigenvalue weighted by Gasteiger charge is -2.07. The highest BCUT2D eigenvalue weighted by atomic mass is 16.3. The van der Waals surface area contributed by atoms with Crippen molar-refractivity contribution in [1.82, 2.24) is 5.43 Å². The topological polar surface area (TPSA) is 94.3 Å².